The molecule has 0 atom stereocenters. The first-order valence-corrected chi connectivity index (χ1v) is 3.41. The van der Waals surface area contributed by atoms with Crippen LogP contribution in [-0.4, -0.2) is 11.4 Å². The van der Waals surface area contributed by atoms with Crippen LogP contribution in [0.3, 0.4) is 0 Å². The minimum Gasteiger partial charge on any atom is -0.508 e. The first kappa shape index (κ1) is 7.79. The molecule has 0 unspecified atom stereocenters. The molecule has 2 heteroatoms. The fourth-order valence-electron chi connectivity index (χ4n) is 1.03. The zero-order valence-electron chi connectivity index (χ0n) is 6.59. The van der Waals surface area contributed by atoms with Gasteiger partial charge in [-0.1, -0.05) is 6.07 Å². The van der Waals surface area contributed by atoms with Crippen LogP contribution in [0.15, 0.2) is 12.1 Å². The molecule has 1 rings (SSSR count). The van der Waals surface area contributed by atoms with Gasteiger partial charge in [0.2, 0.25) is 0 Å². The Morgan fingerprint density at radius 1 is 1.36 bits per heavy atom. The fourth-order valence-corrected chi connectivity index (χ4v) is 1.03. The van der Waals surface area contributed by atoms with Crippen LogP contribution in [0.2, 0.25) is 0 Å². The first-order chi connectivity index (χ1) is 5.16. The summed E-state index contributed by atoms with van der Waals surface area (Å²) in [5.41, 5.74) is 2.14. The smallest absolute Gasteiger partial charge is 0.150 e. The predicted molar refractivity (Wildman–Crippen MR) is 43.0 cm³/mol. The van der Waals surface area contributed by atoms with Crippen LogP contribution in [0.25, 0.3) is 0 Å². The monoisotopic (exact) mass is 150 g/mol. The van der Waals surface area contributed by atoms with Crippen LogP contribution in [0, 0.1) is 13.8 Å². The number of hydrogen-bond donors (Lipinski definition) is 1. The lowest BCUT2D eigenvalue weighted by atomic mass is 10.0. The van der Waals surface area contributed by atoms with Crippen molar-refractivity contribution in [3.8, 4) is 5.75 Å². The van der Waals surface area contributed by atoms with E-state index in [1.165, 1.54) is 0 Å². The Morgan fingerprint density at radius 2 is 2.00 bits per heavy atom. The van der Waals surface area contributed by atoms with E-state index in [1.54, 1.807) is 19.1 Å². The first-order valence-electron chi connectivity index (χ1n) is 3.41. The molecule has 11 heavy (non-hydrogen) atoms. The molecule has 0 spiro atoms. The number of aryl methyl sites for hydroxylation is 1. The molecule has 0 radical (unpaired) electrons. The van der Waals surface area contributed by atoms with Crippen LogP contribution in [0.1, 0.15) is 21.5 Å². The molecule has 2 nitrogen and oxygen atoms in total. The van der Waals surface area contributed by atoms with Crippen molar-refractivity contribution in [2.45, 2.75) is 13.8 Å². The molecule has 0 amide bonds. The fraction of sp³-hybridized carbons (Fsp3) is 0.222. The van der Waals surface area contributed by atoms with E-state index >= 15 is 0 Å². The third-order valence-electron chi connectivity index (χ3n) is 1.82. The van der Waals surface area contributed by atoms with Crippen molar-refractivity contribution in [1.29, 1.82) is 0 Å². The maximum Gasteiger partial charge on any atom is 0.150 e. The molecular weight excluding hydrogens is 140 g/mol. The highest BCUT2D eigenvalue weighted by atomic mass is 16.3. The van der Waals surface area contributed by atoms with Gasteiger partial charge in [-0.15, -0.1) is 0 Å². The molecule has 1 aromatic rings. The van der Waals surface area contributed by atoms with Gasteiger partial charge in [-0.25, -0.2) is 0 Å². The van der Waals surface area contributed by atoms with E-state index < -0.39 is 0 Å². The molecule has 0 fully saturated rings. The Labute approximate surface area is 65.5 Å². The molecule has 0 saturated heterocycles. The normalized spacial score (nSPS) is 9.64. The Kier molecular flexibility index (Phi) is 1.94. The lowest BCUT2D eigenvalue weighted by molar-refractivity contribution is 0.112. The number of rotatable bonds is 1. The molecular formula is C9H10O2. The second-order valence-electron chi connectivity index (χ2n) is 2.56. The van der Waals surface area contributed by atoms with Gasteiger partial charge in [0.1, 0.15) is 5.75 Å². The minimum atomic E-state index is 0.178. The summed E-state index contributed by atoms with van der Waals surface area (Å²) in [5.74, 6) is 0.178. The third kappa shape index (κ3) is 1.24. The van der Waals surface area contributed by atoms with E-state index in [0.29, 0.717) is 11.1 Å². The van der Waals surface area contributed by atoms with E-state index in [0.717, 1.165) is 11.8 Å². The molecule has 0 aromatic heterocycles. The van der Waals surface area contributed by atoms with Gasteiger partial charge in [0.15, 0.2) is 6.29 Å². The Bertz CT molecular complexity index is 290. The van der Waals surface area contributed by atoms with Crippen LogP contribution < -0.4 is 0 Å². The minimum absolute atomic E-state index is 0.178. The molecule has 1 N–H and O–H groups in total. The highest BCUT2D eigenvalue weighted by Crippen LogP contribution is 2.21. The van der Waals surface area contributed by atoms with Gasteiger partial charge in [-0.3, -0.25) is 4.79 Å². The van der Waals surface area contributed by atoms with E-state index in [2.05, 4.69) is 0 Å². The van der Waals surface area contributed by atoms with Crippen LogP contribution in [0.4, 0.5) is 0 Å². The van der Waals surface area contributed by atoms with E-state index in [1.807, 2.05) is 6.92 Å². The Balaban J connectivity index is 3.40. The summed E-state index contributed by atoms with van der Waals surface area (Å²) < 4.78 is 0. The summed E-state index contributed by atoms with van der Waals surface area (Å²) in [6, 6.07) is 3.32. The Hall–Kier alpha value is -1.31. The molecule has 0 aliphatic rings. The average Bonchev–Trinajstić information content (AvgIpc) is 1.99. The quantitative estimate of drug-likeness (QED) is 0.620. The lowest BCUT2D eigenvalue weighted by Gasteiger charge is -2.03. The molecule has 0 bridgehead atoms. The molecule has 0 heterocycles. The summed E-state index contributed by atoms with van der Waals surface area (Å²) in [7, 11) is 0. The molecule has 0 saturated carbocycles. The largest absolute Gasteiger partial charge is 0.508 e. The van der Waals surface area contributed by atoms with Crippen LogP contribution in [0.5, 0.6) is 5.75 Å². The van der Waals surface area contributed by atoms with Crippen molar-refractivity contribution in [2.75, 3.05) is 0 Å². The van der Waals surface area contributed by atoms with Crippen molar-refractivity contribution in [3.63, 3.8) is 0 Å². The summed E-state index contributed by atoms with van der Waals surface area (Å²) in [5, 5.41) is 9.20. The standard InChI is InChI=1S/C9H10O2/c1-6-3-4-9(11)7(2)8(6)5-10/h3-5,11H,1-2H3. The van der Waals surface area contributed by atoms with Crippen molar-refractivity contribution >= 4 is 6.29 Å². The highest BCUT2D eigenvalue weighted by molar-refractivity contribution is 5.80. The Morgan fingerprint density at radius 3 is 2.45 bits per heavy atom. The van der Waals surface area contributed by atoms with Gasteiger partial charge < -0.3 is 5.11 Å². The van der Waals surface area contributed by atoms with Gasteiger partial charge in [0, 0.05) is 11.1 Å². The van der Waals surface area contributed by atoms with Gasteiger partial charge in [-0.2, -0.15) is 0 Å². The molecule has 1 aromatic carbocycles. The van der Waals surface area contributed by atoms with Crippen molar-refractivity contribution in [2.24, 2.45) is 0 Å². The zero-order valence-corrected chi connectivity index (χ0v) is 6.59. The summed E-state index contributed by atoms with van der Waals surface area (Å²) in [6.45, 7) is 3.57. The third-order valence-corrected chi connectivity index (χ3v) is 1.82. The number of phenols is 1. The van der Waals surface area contributed by atoms with E-state index in [9.17, 15) is 9.90 Å². The number of hydrogen-bond acceptors (Lipinski definition) is 2. The number of carbonyl (C=O) groups excluding carboxylic acids is 1. The number of benzene rings is 1. The van der Waals surface area contributed by atoms with Crippen LogP contribution in [-0.2, 0) is 0 Å². The molecule has 0 aliphatic carbocycles. The second kappa shape index (κ2) is 2.74. The van der Waals surface area contributed by atoms with Gasteiger partial charge >= 0.3 is 0 Å². The summed E-state index contributed by atoms with van der Waals surface area (Å²) in [4.78, 5) is 10.5. The number of aromatic hydroxyl groups is 1. The van der Waals surface area contributed by atoms with Crippen molar-refractivity contribution < 1.29 is 9.90 Å². The topological polar surface area (TPSA) is 37.3 Å². The zero-order chi connectivity index (χ0) is 8.43. The number of aldehydes is 1. The van der Waals surface area contributed by atoms with E-state index in [4.69, 9.17) is 0 Å². The highest BCUT2D eigenvalue weighted by Gasteiger charge is 2.04. The van der Waals surface area contributed by atoms with Gasteiger partial charge in [0.25, 0.3) is 0 Å². The van der Waals surface area contributed by atoms with E-state index in [-0.39, 0.29) is 5.75 Å². The van der Waals surface area contributed by atoms with Crippen molar-refractivity contribution in [3.05, 3.63) is 28.8 Å². The second-order valence-corrected chi connectivity index (χ2v) is 2.56. The molecule has 0 aliphatic heterocycles. The predicted octanol–water partition coefficient (Wildman–Crippen LogP) is 1.82. The maximum atomic E-state index is 10.5. The number of carbonyl (C=O) groups is 1. The van der Waals surface area contributed by atoms with Gasteiger partial charge in [0.05, 0.1) is 0 Å². The molecule has 58 valence electrons. The number of phenolic OH excluding ortho intramolecular Hbond substituents is 1. The van der Waals surface area contributed by atoms with Crippen LogP contribution >= 0.6 is 0 Å². The van der Waals surface area contributed by atoms with Gasteiger partial charge in [-0.05, 0) is 25.5 Å². The average molecular weight is 150 g/mol. The SMILES string of the molecule is Cc1ccc(O)c(C)c1C=O. The summed E-state index contributed by atoms with van der Waals surface area (Å²) in [6.07, 6.45) is 0.768. The lowest BCUT2D eigenvalue weighted by Crippen LogP contribution is -1.90. The van der Waals surface area contributed by atoms with Crippen molar-refractivity contribution in [1.82, 2.24) is 0 Å². The maximum absolute atomic E-state index is 10.5. The summed E-state index contributed by atoms with van der Waals surface area (Å²) >= 11 is 0.